The quantitative estimate of drug-likeness (QED) is 0.708. The van der Waals surface area contributed by atoms with Gasteiger partial charge in [0.1, 0.15) is 12.2 Å². The molecule has 0 aromatic carbocycles. The summed E-state index contributed by atoms with van der Waals surface area (Å²) in [5.41, 5.74) is 0. The number of nitrogens with one attached hydrogen (secondary N) is 1. The molecule has 1 aliphatic heterocycles. The molecule has 0 spiro atoms. The number of anilines is 1. The smallest absolute Gasteiger partial charge is 0.249 e. The zero-order chi connectivity index (χ0) is 9.26. The first-order chi connectivity index (χ1) is 6.25. The van der Waals surface area contributed by atoms with Gasteiger partial charge in [0.25, 0.3) is 0 Å². The minimum Gasteiger partial charge on any atom is -0.308 e. The van der Waals surface area contributed by atoms with Crippen LogP contribution < -0.4 is 10.6 Å². The monoisotopic (exact) mass is 197 g/mol. The molecule has 2 rings (SSSR count). The van der Waals surface area contributed by atoms with Crippen LogP contribution in [-0.4, -0.2) is 22.1 Å². The van der Waals surface area contributed by atoms with Crippen molar-refractivity contribution in [3.05, 3.63) is 11.2 Å². The Bertz CT molecular complexity index is 378. The molecule has 13 heavy (non-hydrogen) atoms. The van der Waals surface area contributed by atoms with E-state index in [1.165, 1.54) is 6.34 Å². The summed E-state index contributed by atoms with van der Waals surface area (Å²) in [6.45, 7) is 0. The minimum atomic E-state index is 0.421. The van der Waals surface area contributed by atoms with E-state index in [2.05, 4.69) is 25.9 Å². The normalized spacial score (nSPS) is 14.2. The summed E-state index contributed by atoms with van der Waals surface area (Å²) in [7, 11) is 1.77. The molecule has 0 bridgehead atoms. The third kappa shape index (κ3) is 1.62. The van der Waals surface area contributed by atoms with Crippen LogP contribution in [0.2, 0.25) is 5.15 Å². The van der Waals surface area contributed by atoms with Crippen molar-refractivity contribution in [3.8, 4) is 0 Å². The first-order valence-electron chi connectivity index (χ1n) is 3.52. The van der Waals surface area contributed by atoms with E-state index in [0.717, 1.165) is 5.82 Å². The molecule has 1 N–H and O–H groups in total. The maximum atomic E-state index is 5.68. The molecule has 67 valence electrons. The lowest BCUT2D eigenvalue weighted by Gasteiger charge is -2.02. The van der Waals surface area contributed by atoms with Crippen molar-refractivity contribution >= 4 is 29.7 Å². The van der Waals surface area contributed by atoms with Gasteiger partial charge < -0.3 is 5.32 Å². The SMILES string of the molecule is Cn1nc(Cl)cc1NC1=NN=C[N]1. The number of hydrogen-bond acceptors (Lipinski definition) is 4. The molecule has 1 radical (unpaired) electrons. The minimum absolute atomic E-state index is 0.421. The number of aromatic nitrogens is 2. The average molecular weight is 198 g/mol. The van der Waals surface area contributed by atoms with Crippen molar-refractivity contribution in [1.82, 2.24) is 15.1 Å². The van der Waals surface area contributed by atoms with Crippen molar-refractivity contribution in [3.63, 3.8) is 0 Å². The molecule has 1 aliphatic rings. The fraction of sp³-hybridized carbons (Fsp3) is 0.167. The molecule has 0 aliphatic carbocycles. The van der Waals surface area contributed by atoms with Crippen LogP contribution in [0.5, 0.6) is 0 Å². The summed E-state index contributed by atoms with van der Waals surface area (Å²) in [4.78, 5) is 0. The Labute approximate surface area is 79.3 Å². The second kappa shape index (κ2) is 3.06. The molecule has 1 aromatic heterocycles. The van der Waals surface area contributed by atoms with Crippen molar-refractivity contribution in [1.29, 1.82) is 0 Å². The van der Waals surface area contributed by atoms with E-state index in [-0.39, 0.29) is 0 Å². The zero-order valence-electron chi connectivity index (χ0n) is 6.77. The average Bonchev–Trinajstić information content (AvgIpc) is 2.63. The Morgan fingerprint density at radius 3 is 2.92 bits per heavy atom. The first-order valence-corrected chi connectivity index (χ1v) is 3.90. The largest absolute Gasteiger partial charge is 0.308 e. The van der Waals surface area contributed by atoms with Gasteiger partial charge >= 0.3 is 0 Å². The predicted molar refractivity (Wildman–Crippen MR) is 49.9 cm³/mol. The van der Waals surface area contributed by atoms with Gasteiger partial charge in [0, 0.05) is 13.1 Å². The summed E-state index contributed by atoms with van der Waals surface area (Å²) >= 11 is 5.68. The molecule has 7 heteroatoms. The van der Waals surface area contributed by atoms with Crippen LogP contribution in [0.15, 0.2) is 16.3 Å². The fourth-order valence-electron chi connectivity index (χ4n) is 0.908. The van der Waals surface area contributed by atoms with E-state index in [1.807, 2.05) is 0 Å². The highest BCUT2D eigenvalue weighted by molar-refractivity contribution is 6.29. The summed E-state index contributed by atoms with van der Waals surface area (Å²) in [6, 6.07) is 1.68. The van der Waals surface area contributed by atoms with Crippen LogP contribution >= 0.6 is 11.6 Å². The Morgan fingerprint density at radius 2 is 2.38 bits per heavy atom. The fourth-order valence-corrected chi connectivity index (χ4v) is 1.12. The Balaban J connectivity index is 2.13. The highest BCUT2D eigenvalue weighted by Gasteiger charge is 2.08. The van der Waals surface area contributed by atoms with Gasteiger partial charge in [-0.15, -0.1) is 10.2 Å². The lowest BCUT2D eigenvalue weighted by Crippen LogP contribution is -2.21. The maximum absolute atomic E-state index is 5.68. The van der Waals surface area contributed by atoms with Gasteiger partial charge in [0.2, 0.25) is 5.96 Å². The molecule has 6 nitrogen and oxygen atoms in total. The van der Waals surface area contributed by atoms with Crippen molar-refractivity contribution in [2.24, 2.45) is 17.3 Å². The highest BCUT2D eigenvalue weighted by Crippen LogP contribution is 2.13. The molecule has 0 atom stereocenters. The number of aryl methyl sites for hydroxylation is 1. The molecule has 1 aromatic rings. The van der Waals surface area contributed by atoms with Crippen LogP contribution in [0.3, 0.4) is 0 Å². The van der Waals surface area contributed by atoms with Gasteiger partial charge in [-0.2, -0.15) is 10.4 Å². The molecule has 0 saturated heterocycles. The van der Waals surface area contributed by atoms with Crippen LogP contribution in [0.1, 0.15) is 0 Å². The van der Waals surface area contributed by atoms with Crippen molar-refractivity contribution in [2.75, 3.05) is 5.32 Å². The number of halogens is 1. The zero-order valence-corrected chi connectivity index (χ0v) is 7.52. The molecule has 0 unspecified atom stereocenters. The number of hydrogen-bond donors (Lipinski definition) is 1. The van der Waals surface area contributed by atoms with Crippen LogP contribution in [0.4, 0.5) is 5.82 Å². The Kier molecular flexibility index (Phi) is 1.90. The second-order valence-corrected chi connectivity index (χ2v) is 2.77. The van der Waals surface area contributed by atoms with Crippen LogP contribution in [-0.2, 0) is 7.05 Å². The maximum Gasteiger partial charge on any atom is 0.249 e. The topological polar surface area (TPSA) is 68.7 Å². The lowest BCUT2D eigenvalue weighted by atomic mass is 10.6. The lowest BCUT2D eigenvalue weighted by molar-refractivity contribution is 0.777. The number of nitrogens with zero attached hydrogens (tertiary/aromatic N) is 5. The molecule has 0 saturated carbocycles. The molecule has 0 amide bonds. The third-order valence-electron chi connectivity index (χ3n) is 1.47. The van der Waals surface area contributed by atoms with Crippen molar-refractivity contribution in [2.45, 2.75) is 0 Å². The molecule has 2 heterocycles. The summed E-state index contributed by atoms with van der Waals surface area (Å²) in [5, 5.41) is 18.4. The van der Waals surface area contributed by atoms with Gasteiger partial charge in [-0.1, -0.05) is 11.6 Å². The number of guanidine groups is 1. The molecular weight excluding hydrogens is 192 g/mol. The first kappa shape index (κ1) is 8.06. The van der Waals surface area contributed by atoms with Gasteiger partial charge in [-0.05, 0) is 0 Å². The highest BCUT2D eigenvalue weighted by atomic mass is 35.5. The van der Waals surface area contributed by atoms with Crippen LogP contribution in [0, 0.1) is 0 Å². The molecular formula is C6H6ClN6. The Morgan fingerprint density at radius 1 is 1.54 bits per heavy atom. The van der Waals surface area contributed by atoms with Gasteiger partial charge in [0.05, 0.1) is 0 Å². The second-order valence-electron chi connectivity index (χ2n) is 2.38. The van der Waals surface area contributed by atoms with E-state index < -0.39 is 0 Å². The summed E-state index contributed by atoms with van der Waals surface area (Å²) < 4.78 is 1.60. The van der Waals surface area contributed by atoms with E-state index in [1.54, 1.807) is 17.8 Å². The van der Waals surface area contributed by atoms with Gasteiger partial charge in [0.15, 0.2) is 5.15 Å². The summed E-state index contributed by atoms with van der Waals surface area (Å²) in [5.74, 6) is 1.15. The van der Waals surface area contributed by atoms with Crippen molar-refractivity contribution < 1.29 is 0 Å². The van der Waals surface area contributed by atoms with Gasteiger partial charge in [-0.25, -0.2) is 0 Å². The van der Waals surface area contributed by atoms with E-state index in [0.29, 0.717) is 11.1 Å². The van der Waals surface area contributed by atoms with E-state index in [9.17, 15) is 0 Å². The third-order valence-corrected chi connectivity index (χ3v) is 1.66. The standard InChI is InChI=1S/C6H6ClN6/c1-13-5(2-4(7)12-13)10-6-8-3-9-11-6/h2-3H,1H3,(H,10,11). The molecule has 0 fully saturated rings. The number of rotatable bonds is 1. The summed E-state index contributed by atoms with van der Waals surface area (Å²) in [6.07, 6.45) is 1.36. The van der Waals surface area contributed by atoms with E-state index in [4.69, 9.17) is 11.6 Å². The Hall–Kier alpha value is -1.56. The van der Waals surface area contributed by atoms with Gasteiger partial charge in [-0.3, -0.25) is 4.68 Å². The van der Waals surface area contributed by atoms with E-state index >= 15 is 0 Å². The van der Waals surface area contributed by atoms with Crippen LogP contribution in [0.25, 0.3) is 0 Å². The predicted octanol–water partition coefficient (Wildman–Crippen LogP) is 0.403.